The van der Waals surface area contributed by atoms with Crippen molar-refractivity contribution in [1.29, 1.82) is 0 Å². The molecule has 0 bridgehead atoms. The third-order valence-corrected chi connectivity index (χ3v) is 2.80. The number of esters is 1. The molecule has 0 fully saturated rings. The SMILES string of the molecule is CC(=O)CCC(=O)OCC(=O)Nc1ccc(Cl)cc1Cl. The number of nitrogens with one attached hydrogen (secondary N) is 1. The predicted octanol–water partition coefficient (Wildman–Crippen LogP) is 2.84. The first-order chi connectivity index (χ1) is 9.38. The maximum absolute atomic E-state index is 11.5. The van der Waals surface area contributed by atoms with Gasteiger partial charge in [0.15, 0.2) is 6.61 Å². The lowest BCUT2D eigenvalue weighted by Gasteiger charge is -2.08. The van der Waals surface area contributed by atoms with Crippen LogP contribution in [0, 0.1) is 0 Å². The Bertz CT molecular complexity index is 531. The van der Waals surface area contributed by atoms with Crippen molar-refractivity contribution in [3.8, 4) is 0 Å². The highest BCUT2D eigenvalue weighted by Gasteiger charge is 2.10. The molecular weight excluding hydrogens is 305 g/mol. The number of benzene rings is 1. The summed E-state index contributed by atoms with van der Waals surface area (Å²) in [4.78, 5) is 33.4. The molecule has 20 heavy (non-hydrogen) atoms. The third kappa shape index (κ3) is 6.04. The van der Waals surface area contributed by atoms with Gasteiger partial charge in [-0.3, -0.25) is 9.59 Å². The quantitative estimate of drug-likeness (QED) is 0.819. The Morgan fingerprint density at radius 3 is 2.50 bits per heavy atom. The Labute approximate surface area is 126 Å². The number of ketones is 1. The predicted molar refractivity (Wildman–Crippen MR) is 76.0 cm³/mol. The molecule has 1 rings (SSSR count). The van der Waals surface area contributed by atoms with Gasteiger partial charge in [-0.1, -0.05) is 23.2 Å². The van der Waals surface area contributed by atoms with Crippen molar-refractivity contribution < 1.29 is 19.1 Å². The highest BCUT2D eigenvalue weighted by atomic mass is 35.5. The first kappa shape index (κ1) is 16.5. The van der Waals surface area contributed by atoms with Crippen LogP contribution in [0.2, 0.25) is 10.0 Å². The lowest BCUT2D eigenvalue weighted by Crippen LogP contribution is -2.21. The third-order valence-electron chi connectivity index (χ3n) is 2.25. The molecule has 5 nitrogen and oxygen atoms in total. The molecule has 0 atom stereocenters. The second kappa shape index (κ2) is 7.87. The van der Waals surface area contributed by atoms with E-state index in [0.717, 1.165) is 0 Å². The molecule has 1 aromatic rings. The molecule has 0 heterocycles. The van der Waals surface area contributed by atoms with Crippen LogP contribution in [0.1, 0.15) is 19.8 Å². The van der Waals surface area contributed by atoms with E-state index in [-0.39, 0.29) is 23.6 Å². The summed E-state index contributed by atoms with van der Waals surface area (Å²) in [5, 5.41) is 3.22. The largest absolute Gasteiger partial charge is 0.456 e. The second-order valence-corrected chi connectivity index (χ2v) is 4.88. The molecule has 1 N–H and O–H groups in total. The van der Waals surface area contributed by atoms with Crippen LogP contribution in [0.5, 0.6) is 0 Å². The minimum atomic E-state index is -0.599. The van der Waals surface area contributed by atoms with Crippen LogP contribution >= 0.6 is 23.2 Å². The molecule has 108 valence electrons. The zero-order valence-corrected chi connectivity index (χ0v) is 12.3. The van der Waals surface area contributed by atoms with Crippen LogP contribution < -0.4 is 5.32 Å². The number of carbonyl (C=O) groups excluding carboxylic acids is 3. The number of hydrogen-bond acceptors (Lipinski definition) is 4. The molecule has 0 saturated carbocycles. The van der Waals surface area contributed by atoms with Gasteiger partial charge in [0.1, 0.15) is 5.78 Å². The van der Waals surface area contributed by atoms with Crippen LogP contribution in [0.4, 0.5) is 5.69 Å². The summed E-state index contributed by atoms with van der Waals surface area (Å²) < 4.78 is 4.72. The van der Waals surface area contributed by atoms with Gasteiger partial charge in [0.2, 0.25) is 0 Å². The van der Waals surface area contributed by atoms with E-state index < -0.39 is 18.5 Å². The Kier molecular flexibility index (Phi) is 6.48. The molecule has 0 spiro atoms. The minimum Gasteiger partial charge on any atom is -0.456 e. The number of Topliss-reactive ketones (excluding diaryl/α,β-unsaturated/α-hetero) is 1. The molecule has 0 radical (unpaired) electrons. The van der Waals surface area contributed by atoms with Crippen molar-refractivity contribution >= 4 is 46.5 Å². The van der Waals surface area contributed by atoms with E-state index in [1.807, 2.05) is 0 Å². The normalized spacial score (nSPS) is 9.95. The van der Waals surface area contributed by atoms with Gasteiger partial charge < -0.3 is 14.8 Å². The summed E-state index contributed by atoms with van der Waals surface area (Å²) in [7, 11) is 0. The zero-order chi connectivity index (χ0) is 15.1. The van der Waals surface area contributed by atoms with Crippen LogP contribution in [0.25, 0.3) is 0 Å². The van der Waals surface area contributed by atoms with Gasteiger partial charge in [-0.15, -0.1) is 0 Å². The van der Waals surface area contributed by atoms with Gasteiger partial charge in [-0.25, -0.2) is 0 Å². The number of carbonyl (C=O) groups is 3. The molecule has 7 heteroatoms. The van der Waals surface area contributed by atoms with Gasteiger partial charge in [0.05, 0.1) is 17.1 Å². The van der Waals surface area contributed by atoms with E-state index in [2.05, 4.69) is 5.32 Å². The Balaban J connectivity index is 2.40. The van der Waals surface area contributed by atoms with Crippen LogP contribution in [-0.2, 0) is 19.1 Å². The van der Waals surface area contributed by atoms with Crippen molar-refractivity contribution in [2.45, 2.75) is 19.8 Å². The lowest BCUT2D eigenvalue weighted by molar-refractivity contribution is -0.148. The van der Waals surface area contributed by atoms with Crippen molar-refractivity contribution in [1.82, 2.24) is 0 Å². The second-order valence-electron chi connectivity index (χ2n) is 4.04. The van der Waals surface area contributed by atoms with Crippen molar-refractivity contribution in [2.24, 2.45) is 0 Å². The maximum Gasteiger partial charge on any atom is 0.306 e. The summed E-state index contributed by atoms with van der Waals surface area (Å²) in [6.07, 6.45) is 0.0633. The van der Waals surface area contributed by atoms with Crippen molar-refractivity contribution in [3.63, 3.8) is 0 Å². The molecule has 1 amide bonds. The van der Waals surface area contributed by atoms with Crippen LogP contribution in [-0.4, -0.2) is 24.3 Å². The summed E-state index contributed by atoms with van der Waals surface area (Å²) in [6, 6.07) is 4.60. The first-order valence-electron chi connectivity index (χ1n) is 5.78. The topological polar surface area (TPSA) is 72.5 Å². The van der Waals surface area contributed by atoms with Gasteiger partial charge >= 0.3 is 5.97 Å². The number of anilines is 1. The molecule has 1 aromatic carbocycles. The molecule has 0 aliphatic rings. The maximum atomic E-state index is 11.5. The Morgan fingerprint density at radius 1 is 1.20 bits per heavy atom. The number of rotatable bonds is 6. The summed E-state index contributed by atoms with van der Waals surface area (Å²) >= 11 is 11.6. The standard InChI is InChI=1S/C13H13Cl2NO4/c1-8(17)2-5-13(19)20-7-12(18)16-11-4-3-9(14)6-10(11)15/h3-4,6H,2,5,7H2,1H3,(H,16,18). The summed E-state index contributed by atoms with van der Waals surface area (Å²) in [5.41, 5.74) is 0.376. The lowest BCUT2D eigenvalue weighted by atomic mass is 10.2. The fourth-order valence-corrected chi connectivity index (χ4v) is 1.73. The Hall–Kier alpha value is -1.59. The van der Waals surface area contributed by atoms with E-state index in [0.29, 0.717) is 10.7 Å². The fourth-order valence-electron chi connectivity index (χ4n) is 1.27. The number of ether oxygens (including phenoxy) is 1. The highest BCUT2D eigenvalue weighted by molar-refractivity contribution is 6.36. The van der Waals surface area contributed by atoms with Crippen LogP contribution in [0.15, 0.2) is 18.2 Å². The molecule has 0 aliphatic carbocycles. The average Bonchev–Trinajstić information content (AvgIpc) is 2.37. The average molecular weight is 318 g/mol. The number of hydrogen-bond donors (Lipinski definition) is 1. The molecule has 0 unspecified atom stereocenters. The fraction of sp³-hybridized carbons (Fsp3) is 0.308. The minimum absolute atomic E-state index is 0.0374. The first-order valence-corrected chi connectivity index (χ1v) is 6.54. The molecule has 0 aliphatic heterocycles. The van der Waals surface area contributed by atoms with E-state index >= 15 is 0 Å². The van der Waals surface area contributed by atoms with Gasteiger partial charge in [0, 0.05) is 11.4 Å². The highest BCUT2D eigenvalue weighted by Crippen LogP contribution is 2.25. The molecule has 0 aromatic heterocycles. The van der Waals surface area contributed by atoms with E-state index in [4.69, 9.17) is 27.9 Å². The molecular formula is C13H13Cl2NO4. The van der Waals surface area contributed by atoms with E-state index in [1.165, 1.54) is 13.0 Å². The summed E-state index contributed by atoms with van der Waals surface area (Å²) in [6.45, 7) is 0.943. The van der Waals surface area contributed by atoms with Crippen molar-refractivity contribution in [2.75, 3.05) is 11.9 Å². The number of amides is 1. The van der Waals surface area contributed by atoms with E-state index in [1.54, 1.807) is 12.1 Å². The molecule has 0 saturated heterocycles. The number of halogens is 2. The monoisotopic (exact) mass is 317 g/mol. The Morgan fingerprint density at radius 2 is 1.90 bits per heavy atom. The smallest absolute Gasteiger partial charge is 0.306 e. The van der Waals surface area contributed by atoms with Crippen molar-refractivity contribution in [3.05, 3.63) is 28.2 Å². The van der Waals surface area contributed by atoms with Gasteiger partial charge in [-0.05, 0) is 25.1 Å². The van der Waals surface area contributed by atoms with E-state index in [9.17, 15) is 14.4 Å². The van der Waals surface area contributed by atoms with Crippen LogP contribution in [0.3, 0.4) is 0 Å². The van der Waals surface area contributed by atoms with Gasteiger partial charge in [-0.2, -0.15) is 0 Å². The zero-order valence-electron chi connectivity index (χ0n) is 10.7. The summed E-state index contributed by atoms with van der Waals surface area (Å²) in [5.74, 6) is -1.23. The van der Waals surface area contributed by atoms with Gasteiger partial charge in [0.25, 0.3) is 5.91 Å².